The second-order valence-corrected chi connectivity index (χ2v) is 7.45. The number of rotatable bonds is 2. The van der Waals surface area contributed by atoms with Crippen LogP contribution in [-0.2, 0) is 6.54 Å². The maximum atomic E-state index is 4.20. The van der Waals surface area contributed by atoms with E-state index in [1.807, 2.05) is 11.7 Å². The zero-order chi connectivity index (χ0) is 12.6. The fraction of sp³-hybridized carbons (Fsp3) is 0.786. The number of hydrogen-bond donors (Lipinski definition) is 1. The minimum Gasteiger partial charge on any atom is -0.308 e. The Hall–Kier alpha value is -0.450. The molecule has 0 bridgehead atoms. The minimum atomic E-state index is 0.248. The van der Waals surface area contributed by atoms with Crippen molar-refractivity contribution in [2.24, 2.45) is 0 Å². The molecule has 1 aliphatic carbocycles. The van der Waals surface area contributed by atoms with Crippen LogP contribution in [0.4, 0.5) is 0 Å². The van der Waals surface area contributed by atoms with Crippen LogP contribution >= 0.6 is 11.3 Å². The van der Waals surface area contributed by atoms with Gasteiger partial charge in [0.1, 0.15) is 0 Å². The summed E-state index contributed by atoms with van der Waals surface area (Å²) < 4.78 is 0. The summed E-state index contributed by atoms with van der Waals surface area (Å²) in [6, 6.07) is 0. The standard InChI is InChI=1S/C14H23N3S/c1-13(2)9-16-14(5-3-4-6-14)10-17(13)8-12-7-15-11-18-12/h7,11,16H,3-6,8-10H2,1-2H3. The Morgan fingerprint density at radius 1 is 1.39 bits per heavy atom. The Morgan fingerprint density at radius 2 is 2.17 bits per heavy atom. The number of nitrogens with one attached hydrogen (secondary N) is 1. The zero-order valence-electron chi connectivity index (χ0n) is 11.4. The van der Waals surface area contributed by atoms with Gasteiger partial charge in [-0.2, -0.15) is 0 Å². The average Bonchev–Trinajstić information content (AvgIpc) is 2.97. The van der Waals surface area contributed by atoms with Crippen LogP contribution in [-0.4, -0.2) is 34.1 Å². The highest BCUT2D eigenvalue weighted by atomic mass is 32.1. The molecule has 0 radical (unpaired) electrons. The third-order valence-corrected chi connectivity index (χ3v) is 5.40. The Balaban J connectivity index is 1.76. The van der Waals surface area contributed by atoms with Gasteiger partial charge in [-0.1, -0.05) is 12.8 Å². The first-order valence-electron chi connectivity index (χ1n) is 6.97. The van der Waals surface area contributed by atoms with Gasteiger partial charge >= 0.3 is 0 Å². The molecule has 18 heavy (non-hydrogen) atoms. The number of piperazine rings is 1. The minimum absolute atomic E-state index is 0.248. The first kappa shape index (κ1) is 12.6. The second kappa shape index (κ2) is 4.58. The van der Waals surface area contributed by atoms with Crippen molar-refractivity contribution in [1.82, 2.24) is 15.2 Å². The van der Waals surface area contributed by atoms with Crippen molar-refractivity contribution in [3.63, 3.8) is 0 Å². The molecule has 1 aromatic heterocycles. The van der Waals surface area contributed by atoms with Crippen molar-refractivity contribution < 1.29 is 0 Å². The smallest absolute Gasteiger partial charge is 0.0794 e. The van der Waals surface area contributed by atoms with E-state index in [0.717, 1.165) is 13.1 Å². The van der Waals surface area contributed by atoms with Crippen LogP contribution in [0.2, 0.25) is 0 Å². The molecule has 2 heterocycles. The molecule has 0 unspecified atom stereocenters. The van der Waals surface area contributed by atoms with Crippen molar-refractivity contribution in [3.05, 3.63) is 16.6 Å². The zero-order valence-corrected chi connectivity index (χ0v) is 12.2. The molecular formula is C14H23N3S. The summed E-state index contributed by atoms with van der Waals surface area (Å²) in [7, 11) is 0. The Kier molecular flexibility index (Phi) is 3.20. The first-order chi connectivity index (χ1) is 8.60. The predicted octanol–water partition coefficient (Wildman–Crippen LogP) is 2.64. The normalized spacial score (nSPS) is 26.8. The summed E-state index contributed by atoms with van der Waals surface area (Å²) in [4.78, 5) is 8.24. The van der Waals surface area contributed by atoms with Gasteiger partial charge in [-0.25, -0.2) is 0 Å². The molecule has 0 aromatic carbocycles. The maximum Gasteiger partial charge on any atom is 0.0794 e. The van der Waals surface area contributed by atoms with E-state index in [9.17, 15) is 0 Å². The van der Waals surface area contributed by atoms with Gasteiger partial charge in [0.05, 0.1) is 5.51 Å². The van der Waals surface area contributed by atoms with E-state index in [0.29, 0.717) is 5.54 Å². The molecule has 1 saturated carbocycles. The van der Waals surface area contributed by atoms with Crippen LogP contribution in [0, 0.1) is 0 Å². The Bertz CT molecular complexity index is 393. The van der Waals surface area contributed by atoms with Gasteiger partial charge < -0.3 is 5.32 Å². The van der Waals surface area contributed by atoms with Gasteiger partial charge in [0.25, 0.3) is 0 Å². The van der Waals surface area contributed by atoms with Crippen molar-refractivity contribution in [2.45, 2.75) is 57.2 Å². The van der Waals surface area contributed by atoms with E-state index < -0.39 is 0 Å². The monoisotopic (exact) mass is 265 g/mol. The van der Waals surface area contributed by atoms with Gasteiger partial charge in [0.2, 0.25) is 0 Å². The lowest BCUT2D eigenvalue weighted by Gasteiger charge is -2.51. The van der Waals surface area contributed by atoms with E-state index in [2.05, 4.69) is 29.0 Å². The van der Waals surface area contributed by atoms with Crippen LogP contribution in [0.25, 0.3) is 0 Å². The van der Waals surface area contributed by atoms with Crippen LogP contribution < -0.4 is 5.32 Å². The number of thiazole rings is 1. The first-order valence-corrected chi connectivity index (χ1v) is 7.85. The lowest BCUT2D eigenvalue weighted by molar-refractivity contribution is 0.0224. The molecule has 3 nitrogen and oxygen atoms in total. The fourth-order valence-corrected chi connectivity index (χ4v) is 3.92. The van der Waals surface area contributed by atoms with E-state index in [-0.39, 0.29) is 5.54 Å². The molecule has 1 saturated heterocycles. The molecule has 0 amide bonds. The van der Waals surface area contributed by atoms with Crippen molar-refractivity contribution >= 4 is 11.3 Å². The fourth-order valence-electron chi connectivity index (χ4n) is 3.32. The molecule has 2 aliphatic rings. The average molecular weight is 265 g/mol. The van der Waals surface area contributed by atoms with Gasteiger partial charge in [0, 0.05) is 41.8 Å². The van der Waals surface area contributed by atoms with E-state index in [1.165, 1.54) is 37.1 Å². The van der Waals surface area contributed by atoms with E-state index in [1.54, 1.807) is 11.3 Å². The SMILES string of the molecule is CC1(C)CNC2(CCCC2)CN1Cc1cncs1. The molecule has 1 aliphatic heterocycles. The summed E-state index contributed by atoms with van der Waals surface area (Å²) in [6.07, 6.45) is 7.50. The lowest BCUT2D eigenvalue weighted by atomic mass is 9.87. The maximum absolute atomic E-state index is 4.20. The third-order valence-electron chi connectivity index (χ3n) is 4.64. The molecular weight excluding hydrogens is 242 g/mol. The number of aromatic nitrogens is 1. The molecule has 1 aromatic rings. The molecule has 2 fully saturated rings. The van der Waals surface area contributed by atoms with Gasteiger partial charge in [-0.05, 0) is 26.7 Å². The second-order valence-electron chi connectivity index (χ2n) is 6.48. The largest absolute Gasteiger partial charge is 0.308 e. The third kappa shape index (κ3) is 2.33. The van der Waals surface area contributed by atoms with Crippen LogP contribution in [0.3, 0.4) is 0 Å². The van der Waals surface area contributed by atoms with Crippen molar-refractivity contribution in [3.8, 4) is 0 Å². The topological polar surface area (TPSA) is 28.2 Å². The summed E-state index contributed by atoms with van der Waals surface area (Å²) in [5.74, 6) is 0. The van der Waals surface area contributed by atoms with E-state index in [4.69, 9.17) is 0 Å². The highest BCUT2D eigenvalue weighted by molar-refractivity contribution is 7.09. The molecule has 3 rings (SSSR count). The van der Waals surface area contributed by atoms with Crippen molar-refractivity contribution in [1.29, 1.82) is 0 Å². The van der Waals surface area contributed by atoms with Crippen LogP contribution in [0.5, 0.6) is 0 Å². The van der Waals surface area contributed by atoms with Crippen molar-refractivity contribution in [2.75, 3.05) is 13.1 Å². The lowest BCUT2D eigenvalue weighted by Crippen LogP contribution is -2.66. The number of nitrogens with zero attached hydrogens (tertiary/aromatic N) is 2. The Labute approximate surface area is 114 Å². The molecule has 1 spiro atoms. The summed E-state index contributed by atoms with van der Waals surface area (Å²) in [6.45, 7) is 8.05. The van der Waals surface area contributed by atoms with Gasteiger partial charge in [0.15, 0.2) is 0 Å². The quantitative estimate of drug-likeness (QED) is 0.891. The highest BCUT2D eigenvalue weighted by Crippen LogP contribution is 2.36. The van der Waals surface area contributed by atoms with Gasteiger partial charge in [-0.15, -0.1) is 11.3 Å². The molecule has 0 atom stereocenters. The van der Waals surface area contributed by atoms with Crippen LogP contribution in [0.1, 0.15) is 44.4 Å². The van der Waals surface area contributed by atoms with E-state index >= 15 is 0 Å². The predicted molar refractivity (Wildman–Crippen MR) is 75.8 cm³/mol. The molecule has 4 heteroatoms. The van der Waals surface area contributed by atoms with Gasteiger partial charge in [-0.3, -0.25) is 9.88 Å². The Morgan fingerprint density at radius 3 is 2.83 bits per heavy atom. The highest BCUT2D eigenvalue weighted by Gasteiger charge is 2.44. The number of hydrogen-bond acceptors (Lipinski definition) is 4. The molecule has 1 N–H and O–H groups in total. The summed E-state index contributed by atoms with van der Waals surface area (Å²) in [5.41, 5.74) is 2.59. The summed E-state index contributed by atoms with van der Waals surface area (Å²) >= 11 is 1.78. The van der Waals surface area contributed by atoms with Crippen LogP contribution in [0.15, 0.2) is 11.7 Å². The summed E-state index contributed by atoms with van der Waals surface area (Å²) in [5, 5.41) is 3.84. The molecule has 100 valence electrons.